The number of aryl methyl sites for hydroxylation is 1. The molecule has 0 spiro atoms. The van der Waals surface area contributed by atoms with Gasteiger partial charge in [0.1, 0.15) is 10.8 Å². The third-order valence-electron chi connectivity index (χ3n) is 4.32. The van der Waals surface area contributed by atoms with Crippen LogP contribution in [0.4, 0.5) is 5.00 Å². The number of ketones is 1. The Kier molecular flexibility index (Phi) is 6.38. The first-order valence-corrected chi connectivity index (χ1v) is 9.25. The van der Waals surface area contributed by atoms with Crippen molar-refractivity contribution in [2.24, 2.45) is 0 Å². The summed E-state index contributed by atoms with van der Waals surface area (Å²) in [6.45, 7) is 8.59. The predicted molar refractivity (Wildman–Crippen MR) is 105 cm³/mol. The Morgan fingerprint density at radius 2 is 1.78 bits per heavy atom. The number of hydrogen-bond donors (Lipinski definition) is 1. The zero-order chi connectivity index (χ0) is 20.3. The number of benzene rings is 1. The Bertz CT molecular complexity index is 900. The fraction of sp³-hybridized carbons (Fsp3) is 0.350. The average Bonchev–Trinajstić information content (AvgIpc) is 2.94. The molecule has 6 nitrogen and oxygen atoms in total. The van der Waals surface area contributed by atoms with Gasteiger partial charge in [-0.1, -0.05) is 12.1 Å². The van der Waals surface area contributed by atoms with E-state index in [1.54, 1.807) is 19.9 Å². The molecule has 2 aromatic rings. The lowest BCUT2D eigenvalue weighted by molar-refractivity contribution is -0.122. The first-order chi connectivity index (χ1) is 12.7. The monoisotopic (exact) mass is 389 g/mol. The highest BCUT2D eigenvalue weighted by Crippen LogP contribution is 2.34. The molecular formula is C20H23NO5S. The Morgan fingerprint density at radius 1 is 1.11 bits per heavy atom. The van der Waals surface area contributed by atoms with E-state index in [0.29, 0.717) is 16.2 Å². The number of hydrogen-bond acceptors (Lipinski definition) is 6. The van der Waals surface area contributed by atoms with Crippen molar-refractivity contribution < 1.29 is 23.9 Å². The van der Waals surface area contributed by atoms with Crippen molar-refractivity contribution in [3.63, 3.8) is 0 Å². The molecule has 0 aliphatic heterocycles. The Balaban J connectivity index is 2.26. The lowest BCUT2D eigenvalue weighted by atomic mass is 10.1. The molecule has 0 radical (unpaired) electrons. The molecule has 1 amide bonds. The molecule has 0 aliphatic rings. The minimum absolute atomic E-state index is 0.178. The molecule has 1 heterocycles. The van der Waals surface area contributed by atoms with Crippen LogP contribution in [0.5, 0.6) is 5.75 Å². The first-order valence-electron chi connectivity index (χ1n) is 8.43. The maximum atomic E-state index is 12.6. The van der Waals surface area contributed by atoms with Gasteiger partial charge in [0.15, 0.2) is 11.9 Å². The minimum atomic E-state index is -0.792. The van der Waals surface area contributed by atoms with Gasteiger partial charge >= 0.3 is 5.97 Å². The normalized spacial score (nSPS) is 11.6. The van der Waals surface area contributed by atoms with Crippen LogP contribution in [0.15, 0.2) is 18.2 Å². The van der Waals surface area contributed by atoms with Gasteiger partial charge in [0.2, 0.25) is 0 Å². The van der Waals surface area contributed by atoms with Crippen LogP contribution in [-0.2, 0) is 9.53 Å². The zero-order valence-corrected chi connectivity index (χ0v) is 17.1. The van der Waals surface area contributed by atoms with E-state index in [9.17, 15) is 14.4 Å². The lowest BCUT2D eigenvalue weighted by Gasteiger charge is -2.17. The smallest absolute Gasteiger partial charge is 0.341 e. The van der Waals surface area contributed by atoms with E-state index in [0.717, 1.165) is 22.5 Å². The topological polar surface area (TPSA) is 81.7 Å². The molecular weight excluding hydrogens is 366 g/mol. The fourth-order valence-corrected chi connectivity index (χ4v) is 3.69. The molecule has 1 N–H and O–H groups in total. The van der Waals surface area contributed by atoms with Gasteiger partial charge in [0.05, 0.1) is 17.6 Å². The highest BCUT2D eigenvalue weighted by Gasteiger charge is 2.26. The zero-order valence-electron chi connectivity index (χ0n) is 16.3. The molecule has 1 aromatic carbocycles. The highest BCUT2D eigenvalue weighted by molar-refractivity contribution is 7.18. The second kappa shape index (κ2) is 8.35. The van der Waals surface area contributed by atoms with Crippen LogP contribution in [0.2, 0.25) is 0 Å². The van der Waals surface area contributed by atoms with Gasteiger partial charge in [-0.25, -0.2) is 4.79 Å². The predicted octanol–water partition coefficient (Wildman–Crippen LogP) is 4.07. The molecule has 144 valence electrons. The fourth-order valence-electron chi connectivity index (χ4n) is 2.59. The summed E-state index contributed by atoms with van der Waals surface area (Å²) in [4.78, 5) is 36.9. The Morgan fingerprint density at radius 3 is 2.37 bits per heavy atom. The molecule has 0 fully saturated rings. The number of carbonyl (C=O) groups is 3. The summed E-state index contributed by atoms with van der Waals surface area (Å²) in [5, 5.41) is 2.98. The highest BCUT2D eigenvalue weighted by atomic mass is 32.1. The Hall–Kier alpha value is -2.67. The van der Waals surface area contributed by atoms with Gasteiger partial charge in [0.25, 0.3) is 5.91 Å². The van der Waals surface area contributed by atoms with Crippen molar-refractivity contribution in [1.29, 1.82) is 0 Å². The summed E-state index contributed by atoms with van der Waals surface area (Å²) in [7, 11) is 1.25. The van der Waals surface area contributed by atoms with Crippen molar-refractivity contribution in [2.75, 3.05) is 12.4 Å². The molecule has 0 aliphatic carbocycles. The van der Waals surface area contributed by atoms with Crippen LogP contribution in [0.3, 0.4) is 0 Å². The van der Waals surface area contributed by atoms with Gasteiger partial charge in [-0.15, -0.1) is 11.3 Å². The lowest BCUT2D eigenvalue weighted by Crippen LogP contribution is -2.30. The van der Waals surface area contributed by atoms with Crippen LogP contribution < -0.4 is 10.1 Å². The quantitative estimate of drug-likeness (QED) is 0.595. The van der Waals surface area contributed by atoms with Crippen molar-refractivity contribution >= 4 is 34.0 Å². The van der Waals surface area contributed by atoms with Gasteiger partial charge in [0, 0.05) is 0 Å². The standard InChI is InChI=1S/C20H23NO5S/c1-10-8-7-9-15(11(10)2)26-14(5)18(23)21-19-16(20(24)25-6)12(3)17(27-19)13(4)22/h7-9,14H,1-6H3,(H,21,23)/t14-/m0/s1. The molecule has 7 heteroatoms. The van der Waals surface area contributed by atoms with E-state index in [-0.39, 0.29) is 16.3 Å². The summed E-state index contributed by atoms with van der Waals surface area (Å²) in [5.41, 5.74) is 2.71. The summed E-state index contributed by atoms with van der Waals surface area (Å²) in [6.07, 6.45) is -0.792. The van der Waals surface area contributed by atoms with E-state index in [4.69, 9.17) is 9.47 Å². The number of anilines is 1. The number of amides is 1. The molecule has 0 bridgehead atoms. The minimum Gasteiger partial charge on any atom is -0.481 e. The van der Waals surface area contributed by atoms with Crippen molar-refractivity contribution in [3.8, 4) is 5.75 Å². The third-order valence-corrected chi connectivity index (χ3v) is 5.63. The molecule has 0 unspecified atom stereocenters. The van der Waals surface area contributed by atoms with Crippen molar-refractivity contribution in [2.45, 2.75) is 40.7 Å². The summed E-state index contributed by atoms with van der Waals surface area (Å²) >= 11 is 1.06. The molecule has 1 atom stereocenters. The van der Waals surface area contributed by atoms with Crippen LogP contribution >= 0.6 is 11.3 Å². The molecule has 2 rings (SSSR count). The van der Waals surface area contributed by atoms with Crippen LogP contribution in [0.1, 0.15) is 50.6 Å². The number of methoxy groups -OCH3 is 1. The first kappa shape index (κ1) is 20.6. The number of nitrogens with one attached hydrogen (secondary N) is 1. The second-order valence-corrected chi connectivity index (χ2v) is 7.28. The van der Waals surface area contributed by atoms with Crippen LogP contribution in [-0.4, -0.2) is 30.9 Å². The molecule has 0 saturated carbocycles. The summed E-state index contributed by atoms with van der Waals surface area (Å²) < 4.78 is 10.6. The maximum absolute atomic E-state index is 12.6. The van der Waals surface area contributed by atoms with E-state index >= 15 is 0 Å². The van der Waals surface area contributed by atoms with Gasteiger partial charge in [-0.3, -0.25) is 9.59 Å². The summed E-state index contributed by atoms with van der Waals surface area (Å²) in [5.74, 6) is -0.576. The van der Waals surface area contributed by atoms with E-state index < -0.39 is 18.0 Å². The largest absolute Gasteiger partial charge is 0.481 e. The number of carbonyl (C=O) groups excluding carboxylic acids is 3. The SMILES string of the molecule is COC(=O)c1c(NC(=O)[C@H](C)Oc2cccc(C)c2C)sc(C(C)=O)c1C. The number of thiophene rings is 1. The molecule has 0 saturated heterocycles. The number of ether oxygens (including phenoxy) is 2. The summed E-state index contributed by atoms with van der Waals surface area (Å²) in [6, 6.07) is 5.63. The average molecular weight is 389 g/mol. The van der Waals surface area contributed by atoms with E-state index in [1.807, 2.05) is 26.0 Å². The number of esters is 1. The van der Waals surface area contributed by atoms with E-state index in [2.05, 4.69) is 5.32 Å². The molecule has 27 heavy (non-hydrogen) atoms. The number of rotatable bonds is 6. The third kappa shape index (κ3) is 4.36. The van der Waals surface area contributed by atoms with Crippen molar-refractivity contribution in [1.82, 2.24) is 0 Å². The van der Waals surface area contributed by atoms with Gasteiger partial charge in [-0.05, 0) is 57.4 Å². The Labute approximate surface area is 162 Å². The van der Waals surface area contributed by atoms with Crippen molar-refractivity contribution in [3.05, 3.63) is 45.3 Å². The van der Waals surface area contributed by atoms with Crippen LogP contribution in [0.25, 0.3) is 0 Å². The second-order valence-electron chi connectivity index (χ2n) is 6.26. The molecule has 1 aromatic heterocycles. The maximum Gasteiger partial charge on any atom is 0.341 e. The van der Waals surface area contributed by atoms with Gasteiger partial charge < -0.3 is 14.8 Å². The number of Topliss-reactive ketones (excluding diaryl/α,β-unsaturated/α-hetero) is 1. The van der Waals surface area contributed by atoms with E-state index in [1.165, 1.54) is 14.0 Å². The van der Waals surface area contributed by atoms with Gasteiger partial charge in [-0.2, -0.15) is 0 Å². The van der Waals surface area contributed by atoms with Crippen LogP contribution in [0, 0.1) is 20.8 Å².